The summed E-state index contributed by atoms with van der Waals surface area (Å²) in [7, 11) is 6.07. The highest BCUT2D eigenvalue weighted by atomic mass is 16.5. The Balaban J connectivity index is 2.21. The van der Waals surface area contributed by atoms with Crippen LogP contribution in [0.25, 0.3) is 0 Å². The van der Waals surface area contributed by atoms with Crippen molar-refractivity contribution >= 4 is 11.6 Å². The van der Waals surface area contributed by atoms with Crippen molar-refractivity contribution in [2.75, 3.05) is 28.4 Å². The van der Waals surface area contributed by atoms with Crippen LogP contribution in [0.3, 0.4) is 0 Å². The molecule has 150 valence electrons. The standard InChI is InChI=1S/C22H26O6/c1-7-8-22-11-16(27-5)19(23)18(21(22)24)17(12(22)2)13-9-14(25-3)20(28-6)15(10-13)26-4/h7,9-12,17-18H,1,8H2,2-6H3/t12-,17-,18+,22+/m1/s1. The zero-order valence-electron chi connectivity index (χ0n) is 16.9. The van der Waals surface area contributed by atoms with E-state index in [1.165, 1.54) is 28.4 Å². The van der Waals surface area contributed by atoms with E-state index >= 15 is 0 Å². The molecule has 4 atom stereocenters. The van der Waals surface area contributed by atoms with Crippen molar-refractivity contribution in [3.8, 4) is 17.2 Å². The molecule has 0 aromatic heterocycles. The zero-order chi connectivity index (χ0) is 20.6. The average molecular weight is 386 g/mol. The molecule has 0 heterocycles. The van der Waals surface area contributed by atoms with E-state index in [1.807, 2.05) is 19.1 Å². The number of rotatable bonds is 7. The maximum atomic E-state index is 13.3. The Hall–Kier alpha value is -2.76. The van der Waals surface area contributed by atoms with Gasteiger partial charge in [0.2, 0.25) is 11.5 Å². The molecule has 1 fully saturated rings. The number of benzene rings is 1. The summed E-state index contributed by atoms with van der Waals surface area (Å²) in [6, 6.07) is 3.63. The third-order valence-electron chi connectivity index (χ3n) is 6.14. The van der Waals surface area contributed by atoms with E-state index in [4.69, 9.17) is 18.9 Å². The van der Waals surface area contributed by atoms with Crippen LogP contribution in [-0.4, -0.2) is 40.0 Å². The Morgan fingerprint density at radius 1 is 1.04 bits per heavy atom. The monoisotopic (exact) mass is 386 g/mol. The molecule has 2 aliphatic carbocycles. The van der Waals surface area contributed by atoms with Gasteiger partial charge in [0.25, 0.3) is 0 Å². The van der Waals surface area contributed by atoms with E-state index in [0.717, 1.165) is 5.56 Å². The molecule has 28 heavy (non-hydrogen) atoms. The number of hydrogen-bond donors (Lipinski definition) is 0. The van der Waals surface area contributed by atoms with E-state index in [1.54, 1.807) is 12.2 Å². The van der Waals surface area contributed by atoms with E-state index < -0.39 is 11.3 Å². The second-order valence-corrected chi connectivity index (χ2v) is 7.23. The Morgan fingerprint density at radius 2 is 1.64 bits per heavy atom. The topological polar surface area (TPSA) is 71.1 Å². The third kappa shape index (κ3) is 2.62. The van der Waals surface area contributed by atoms with Crippen molar-refractivity contribution in [3.63, 3.8) is 0 Å². The molecule has 1 saturated carbocycles. The Kier molecular flexibility index (Phi) is 5.24. The fraction of sp³-hybridized carbons (Fsp3) is 0.455. The number of ketones is 2. The van der Waals surface area contributed by atoms with Crippen LogP contribution in [0.1, 0.15) is 24.8 Å². The maximum absolute atomic E-state index is 13.3. The number of hydrogen-bond acceptors (Lipinski definition) is 6. The van der Waals surface area contributed by atoms with Gasteiger partial charge in [-0.15, -0.1) is 6.58 Å². The third-order valence-corrected chi connectivity index (χ3v) is 6.14. The normalized spacial score (nSPS) is 28.6. The average Bonchev–Trinajstić information content (AvgIpc) is 2.85. The molecule has 3 rings (SSSR count). The minimum atomic E-state index is -0.809. The van der Waals surface area contributed by atoms with Gasteiger partial charge in [-0.25, -0.2) is 0 Å². The Bertz CT molecular complexity index is 830. The molecule has 0 spiro atoms. The summed E-state index contributed by atoms with van der Waals surface area (Å²) in [5, 5.41) is 0. The van der Waals surface area contributed by atoms with Gasteiger partial charge in [0.1, 0.15) is 0 Å². The van der Waals surface area contributed by atoms with Gasteiger partial charge >= 0.3 is 0 Å². The van der Waals surface area contributed by atoms with Gasteiger partial charge in [-0.1, -0.05) is 13.0 Å². The van der Waals surface area contributed by atoms with Crippen LogP contribution in [0.15, 0.2) is 36.6 Å². The zero-order valence-corrected chi connectivity index (χ0v) is 16.9. The second kappa shape index (κ2) is 7.34. The SMILES string of the molecule is C=CC[C@@]12C=C(OC)C(=O)[C@@H](C1=O)[C@@H](c1cc(OC)c(OC)c(OC)c1)[C@H]2C. The van der Waals surface area contributed by atoms with Crippen molar-refractivity contribution in [2.24, 2.45) is 17.3 Å². The number of fused-ring (bicyclic) bond motifs is 2. The minimum absolute atomic E-state index is 0.0792. The first-order valence-electron chi connectivity index (χ1n) is 9.16. The molecule has 0 N–H and O–H groups in total. The lowest BCUT2D eigenvalue weighted by Gasteiger charge is -2.31. The number of methoxy groups -OCH3 is 4. The van der Waals surface area contributed by atoms with Gasteiger partial charge in [-0.2, -0.15) is 0 Å². The highest BCUT2D eigenvalue weighted by molar-refractivity contribution is 6.17. The first-order valence-corrected chi connectivity index (χ1v) is 9.16. The fourth-order valence-corrected chi connectivity index (χ4v) is 4.75. The second-order valence-electron chi connectivity index (χ2n) is 7.23. The summed E-state index contributed by atoms with van der Waals surface area (Å²) in [5.41, 5.74) is -0.0121. The summed E-state index contributed by atoms with van der Waals surface area (Å²) >= 11 is 0. The molecule has 0 saturated heterocycles. The predicted octanol–water partition coefficient (Wildman–Crippen LogP) is 3.31. The molecule has 6 nitrogen and oxygen atoms in total. The largest absolute Gasteiger partial charge is 0.493 e. The van der Waals surface area contributed by atoms with Crippen molar-refractivity contribution in [1.29, 1.82) is 0 Å². The van der Waals surface area contributed by atoms with Crippen LogP contribution < -0.4 is 14.2 Å². The summed E-state index contributed by atoms with van der Waals surface area (Å²) in [4.78, 5) is 26.3. The molecule has 6 heteroatoms. The molecule has 0 amide bonds. The van der Waals surface area contributed by atoms with Crippen LogP contribution in [0.2, 0.25) is 0 Å². The molecule has 2 bridgehead atoms. The van der Waals surface area contributed by atoms with Crippen molar-refractivity contribution < 1.29 is 28.5 Å². The lowest BCUT2D eigenvalue weighted by atomic mass is 9.71. The lowest BCUT2D eigenvalue weighted by Crippen LogP contribution is -2.38. The van der Waals surface area contributed by atoms with Crippen molar-refractivity contribution in [2.45, 2.75) is 19.3 Å². The molecule has 2 aliphatic rings. The first-order chi connectivity index (χ1) is 13.4. The highest BCUT2D eigenvalue weighted by Gasteiger charge is 2.62. The van der Waals surface area contributed by atoms with Crippen LogP contribution >= 0.6 is 0 Å². The van der Waals surface area contributed by atoms with E-state index in [-0.39, 0.29) is 29.2 Å². The van der Waals surface area contributed by atoms with Gasteiger partial charge in [0.05, 0.1) is 39.8 Å². The minimum Gasteiger partial charge on any atom is -0.493 e. The molecule has 0 radical (unpaired) electrons. The van der Waals surface area contributed by atoms with Gasteiger partial charge in [-0.3, -0.25) is 9.59 Å². The van der Waals surface area contributed by atoms with E-state index in [0.29, 0.717) is 23.7 Å². The van der Waals surface area contributed by atoms with Gasteiger partial charge in [0, 0.05) is 5.92 Å². The van der Waals surface area contributed by atoms with Crippen LogP contribution in [0.5, 0.6) is 17.2 Å². The molecular weight excluding hydrogens is 360 g/mol. The molecular formula is C22H26O6. The molecule has 1 aromatic carbocycles. The quantitative estimate of drug-likeness (QED) is 0.529. The van der Waals surface area contributed by atoms with E-state index in [2.05, 4.69) is 6.58 Å². The highest BCUT2D eigenvalue weighted by Crippen LogP contribution is 2.59. The Labute approximate surface area is 165 Å². The fourth-order valence-electron chi connectivity index (χ4n) is 4.75. The van der Waals surface area contributed by atoms with Gasteiger partial charge < -0.3 is 18.9 Å². The van der Waals surface area contributed by atoms with Crippen molar-refractivity contribution in [1.82, 2.24) is 0 Å². The number of Topliss-reactive ketones (excluding diaryl/α,β-unsaturated/α-hetero) is 2. The number of carbonyl (C=O) groups is 2. The summed E-state index contributed by atoms with van der Waals surface area (Å²) < 4.78 is 21.6. The van der Waals surface area contributed by atoms with Crippen molar-refractivity contribution in [3.05, 3.63) is 42.2 Å². The molecule has 0 aliphatic heterocycles. The summed E-state index contributed by atoms with van der Waals surface area (Å²) in [5.74, 6) is 0.0494. The summed E-state index contributed by atoms with van der Waals surface area (Å²) in [6.07, 6.45) is 3.87. The summed E-state index contributed by atoms with van der Waals surface area (Å²) in [6.45, 7) is 5.81. The number of ether oxygens (including phenoxy) is 4. The number of carbonyl (C=O) groups excluding carboxylic acids is 2. The Morgan fingerprint density at radius 3 is 2.11 bits per heavy atom. The maximum Gasteiger partial charge on any atom is 0.208 e. The van der Waals surface area contributed by atoms with Crippen LogP contribution in [0, 0.1) is 17.3 Å². The first kappa shape index (κ1) is 20.0. The number of allylic oxidation sites excluding steroid dienone is 3. The molecule has 0 unspecified atom stereocenters. The predicted molar refractivity (Wildman–Crippen MR) is 104 cm³/mol. The van der Waals surface area contributed by atoms with Gasteiger partial charge in [-0.05, 0) is 36.1 Å². The van der Waals surface area contributed by atoms with Crippen LogP contribution in [0.4, 0.5) is 0 Å². The lowest BCUT2D eigenvalue weighted by molar-refractivity contribution is -0.136. The van der Waals surface area contributed by atoms with Gasteiger partial charge in [0.15, 0.2) is 23.0 Å². The van der Waals surface area contributed by atoms with E-state index in [9.17, 15) is 9.59 Å². The smallest absolute Gasteiger partial charge is 0.208 e. The molecule has 1 aromatic rings. The van der Waals surface area contributed by atoms with Crippen LogP contribution in [-0.2, 0) is 14.3 Å².